The van der Waals surface area contributed by atoms with E-state index in [1.54, 1.807) is 7.05 Å². The van der Waals surface area contributed by atoms with Crippen molar-refractivity contribution in [1.29, 1.82) is 0 Å². The molecule has 10 heavy (non-hydrogen) atoms. The first-order chi connectivity index (χ1) is 4.83. The summed E-state index contributed by atoms with van der Waals surface area (Å²) in [6, 6.07) is 0. The van der Waals surface area contributed by atoms with Crippen molar-refractivity contribution in [2.75, 3.05) is 7.05 Å². The van der Waals surface area contributed by atoms with Gasteiger partial charge in [-0.15, -0.1) is 0 Å². The first-order valence-corrected chi connectivity index (χ1v) is 2.94. The fraction of sp³-hybridized carbons (Fsp3) is 0.333. The Hall–Kier alpha value is -1.03. The summed E-state index contributed by atoms with van der Waals surface area (Å²) in [7, 11) is 1.78. The van der Waals surface area contributed by atoms with Gasteiger partial charge in [0.1, 0.15) is 5.82 Å². The summed E-state index contributed by atoms with van der Waals surface area (Å²) >= 11 is 0. The van der Waals surface area contributed by atoms with Crippen LogP contribution in [0.25, 0.3) is 0 Å². The summed E-state index contributed by atoms with van der Waals surface area (Å²) in [5.74, 6) is 0.198. The minimum absolute atomic E-state index is 0.403. The molecule has 0 aliphatic carbocycles. The van der Waals surface area contributed by atoms with Crippen molar-refractivity contribution < 1.29 is 4.39 Å². The number of halogens is 1. The molecule has 1 aromatic heterocycles. The second-order valence-corrected chi connectivity index (χ2v) is 1.85. The molecule has 0 aromatic carbocycles. The molecule has 0 saturated heterocycles. The second-order valence-electron chi connectivity index (χ2n) is 1.85. The maximum Gasteiger partial charge on any atom is 0.159 e. The summed E-state index contributed by atoms with van der Waals surface area (Å²) in [6.07, 6.45) is 2.30. The van der Waals surface area contributed by atoms with Gasteiger partial charge < -0.3 is 5.32 Å². The van der Waals surface area contributed by atoms with Gasteiger partial charge in [0.05, 0.1) is 18.9 Å². The van der Waals surface area contributed by atoms with E-state index in [-0.39, 0.29) is 0 Å². The lowest BCUT2D eigenvalue weighted by Gasteiger charge is -1.95. The molecule has 0 fully saturated rings. The van der Waals surface area contributed by atoms with Crippen LogP contribution in [0.15, 0.2) is 12.4 Å². The first-order valence-electron chi connectivity index (χ1n) is 2.94. The van der Waals surface area contributed by atoms with E-state index < -0.39 is 5.82 Å². The highest BCUT2D eigenvalue weighted by Crippen LogP contribution is 1.91. The molecule has 1 heterocycles. The summed E-state index contributed by atoms with van der Waals surface area (Å²) < 4.78 is 12.2. The van der Waals surface area contributed by atoms with Crippen LogP contribution in [0.3, 0.4) is 0 Å². The highest BCUT2D eigenvalue weighted by molar-refractivity contribution is 4.90. The first kappa shape index (κ1) is 7.08. The lowest BCUT2D eigenvalue weighted by molar-refractivity contribution is 0.605. The molecule has 1 aromatic rings. The second kappa shape index (κ2) is 3.22. The quantitative estimate of drug-likeness (QED) is 0.645. The van der Waals surface area contributed by atoms with Crippen molar-refractivity contribution in [1.82, 2.24) is 15.3 Å². The molecule has 3 nitrogen and oxygen atoms in total. The number of hydrogen-bond acceptors (Lipinski definition) is 3. The van der Waals surface area contributed by atoms with Crippen molar-refractivity contribution in [3.05, 3.63) is 24.0 Å². The number of nitrogens with zero attached hydrogens (tertiary/aromatic N) is 2. The highest BCUT2D eigenvalue weighted by Gasteiger charge is 1.92. The van der Waals surface area contributed by atoms with Gasteiger partial charge in [0, 0.05) is 0 Å². The molecule has 0 aliphatic heterocycles. The molecule has 0 atom stereocenters. The standard InChI is InChI=1S/C6H8FN3/c1-8-4-6-9-2-5(7)3-10-6/h2-3,8H,4H2,1H3. The minimum Gasteiger partial charge on any atom is -0.313 e. The van der Waals surface area contributed by atoms with Crippen LogP contribution in [0, 0.1) is 5.82 Å². The fourth-order valence-electron chi connectivity index (χ4n) is 0.588. The third kappa shape index (κ3) is 1.73. The Kier molecular flexibility index (Phi) is 2.28. The van der Waals surface area contributed by atoms with Crippen LogP contribution < -0.4 is 5.32 Å². The van der Waals surface area contributed by atoms with E-state index in [0.717, 1.165) is 12.4 Å². The van der Waals surface area contributed by atoms with Gasteiger partial charge in [0.25, 0.3) is 0 Å². The van der Waals surface area contributed by atoms with Gasteiger partial charge in [-0.3, -0.25) is 0 Å². The normalized spacial score (nSPS) is 9.80. The largest absolute Gasteiger partial charge is 0.313 e. The van der Waals surface area contributed by atoms with Crippen molar-refractivity contribution in [2.45, 2.75) is 6.54 Å². The SMILES string of the molecule is CNCc1ncc(F)cn1. The van der Waals surface area contributed by atoms with Crippen molar-refractivity contribution in [3.8, 4) is 0 Å². The predicted octanol–water partition coefficient (Wildman–Crippen LogP) is 0.335. The van der Waals surface area contributed by atoms with Crippen molar-refractivity contribution in [3.63, 3.8) is 0 Å². The number of hydrogen-bond donors (Lipinski definition) is 1. The zero-order valence-corrected chi connectivity index (χ0v) is 5.63. The summed E-state index contributed by atoms with van der Waals surface area (Å²) in [4.78, 5) is 7.44. The van der Waals surface area contributed by atoms with E-state index in [0.29, 0.717) is 12.4 Å². The molecular weight excluding hydrogens is 133 g/mol. The average Bonchev–Trinajstić information content (AvgIpc) is 1.95. The van der Waals surface area contributed by atoms with Gasteiger partial charge in [-0.1, -0.05) is 0 Å². The van der Waals surface area contributed by atoms with Crippen molar-refractivity contribution in [2.24, 2.45) is 0 Å². The predicted molar refractivity (Wildman–Crippen MR) is 34.8 cm³/mol. The van der Waals surface area contributed by atoms with Crippen LogP contribution in [0.4, 0.5) is 4.39 Å². The third-order valence-electron chi connectivity index (χ3n) is 1.01. The van der Waals surface area contributed by atoms with E-state index in [4.69, 9.17) is 0 Å². The Balaban J connectivity index is 2.69. The Labute approximate surface area is 58.3 Å². The molecule has 1 N–H and O–H groups in total. The maximum absolute atomic E-state index is 12.2. The highest BCUT2D eigenvalue weighted by atomic mass is 19.1. The summed E-state index contributed by atoms with van der Waals surface area (Å²) in [5, 5.41) is 2.86. The van der Waals surface area contributed by atoms with Crippen LogP contribution in [-0.4, -0.2) is 17.0 Å². The zero-order chi connectivity index (χ0) is 7.40. The Bertz CT molecular complexity index is 197. The molecule has 0 saturated carbocycles. The van der Waals surface area contributed by atoms with Gasteiger partial charge >= 0.3 is 0 Å². The van der Waals surface area contributed by atoms with Crippen LogP contribution in [0.1, 0.15) is 5.82 Å². The third-order valence-corrected chi connectivity index (χ3v) is 1.01. The number of nitrogens with one attached hydrogen (secondary N) is 1. The lowest BCUT2D eigenvalue weighted by Crippen LogP contribution is -2.08. The van der Waals surface area contributed by atoms with Crippen LogP contribution in [-0.2, 0) is 6.54 Å². The van der Waals surface area contributed by atoms with Crippen LogP contribution in [0.2, 0.25) is 0 Å². The molecule has 4 heteroatoms. The van der Waals surface area contributed by atoms with E-state index in [1.807, 2.05) is 0 Å². The van der Waals surface area contributed by atoms with E-state index in [2.05, 4.69) is 15.3 Å². The molecule has 0 unspecified atom stereocenters. The topological polar surface area (TPSA) is 37.8 Å². The van der Waals surface area contributed by atoms with Gasteiger partial charge in [0.15, 0.2) is 5.82 Å². The summed E-state index contributed by atoms with van der Waals surface area (Å²) in [6.45, 7) is 0.570. The van der Waals surface area contributed by atoms with Crippen LogP contribution in [0.5, 0.6) is 0 Å². The molecule has 0 aliphatic rings. The number of aromatic nitrogens is 2. The summed E-state index contributed by atoms with van der Waals surface area (Å²) in [5.41, 5.74) is 0. The fourth-order valence-corrected chi connectivity index (χ4v) is 0.588. The molecule has 0 amide bonds. The van der Waals surface area contributed by atoms with Crippen LogP contribution >= 0.6 is 0 Å². The molecule has 0 bridgehead atoms. The maximum atomic E-state index is 12.2. The molecule has 54 valence electrons. The van der Waals surface area contributed by atoms with E-state index in [9.17, 15) is 4.39 Å². The average molecular weight is 141 g/mol. The zero-order valence-electron chi connectivity index (χ0n) is 5.63. The molecule has 0 spiro atoms. The van der Waals surface area contributed by atoms with E-state index >= 15 is 0 Å². The van der Waals surface area contributed by atoms with Gasteiger partial charge in [-0.05, 0) is 7.05 Å². The van der Waals surface area contributed by atoms with E-state index in [1.165, 1.54) is 0 Å². The van der Waals surface area contributed by atoms with Crippen molar-refractivity contribution >= 4 is 0 Å². The Morgan fingerprint density at radius 3 is 2.60 bits per heavy atom. The minimum atomic E-state index is -0.403. The lowest BCUT2D eigenvalue weighted by atomic mass is 10.5. The Morgan fingerprint density at radius 2 is 2.10 bits per heavy atom. The van der Waals surface area contributed by atoms with Gasteiger partial charge in [-0.2, -0.15) is 0 Å². The molecular formula is C6H8FN3. The monoisotopic (exact) mass is 141 g/mol. The smallest absolute Gasteiger partial charge is 0.159 e. The molecule has 1 rings (SSSR count). The molecule has 0 radical (unpaired) electrons. The number of rotatable bonds is 2. The Morgan fingerprint density at radius 1 is 1.50 bits per heavy atom. The van der Waals surface area contributed by atoms with Gasteiger partial charge in [0.2, 0.25) is 0 Å². The van der Waals surface area contributed by atoms with Gasteiger partial charge in [-0.25, -0.2) is 14.4 Å².